The molecule has 1 aromatic carbocycles. The van der Waals surface area contributed by atoms with Gasteiger partial charge in [0.25, 0.3) is 0 Å². The number of nitrogens with one attached hydrogen (secondary N) is 3. The van der Waals surface area contributed by atoms with E-state index in [2.05, 4.69) is 21.1 Å². The molecule has 3 N–H and O–H groups in total. The minimum absolute atomic E-state index is 0.0912. The highest BCUT2D eigenvalue weighted by Crippen LogP contribution is 2.27. The van der Waals surface area contributed by atoms with Gasteiger partial charge in [-0.15, -0.1) is 0 Å². The van der Waals surface area contributed by atoms with Crippen molar-refractivity contribution in [3.8, 4) is 5.75 Å². The molecule has 0 bridgehead atoms. The van der Waals surface area contributed by atoms with Crippen LogP contribution in [0.5, 0.6) is 5.75 Å². The van der Waals surface area contributed by atoms with Gasteiger partial charge in [0.15, 0.2) is 23.3 Å². The normalized spacial score (nSPS) is 17.8. The number of nitrogens with zero attached hydrogens (tertiary/aromatic N) is 4. The molecule has 2 aliphatic rings. The highest BCUT2D eigenvalue weighted by Gasteiger charge is 2.18. The van der Waals surface area contributed by atoms with Crippen molar-refractivity contribution in [1.29, 1.82) is 0 Å². The fourth-order valence-corrected chi connectivity index (χ4v) is 5.29. The van der Waals surface area contributed by atoms with E-state index in [4.69, 9.17) is 24.3 Å². The Morgan fingerprint density at radius 3 is 2.61 bits per heavy atom. The summed E-state index contributed by atoms with van der Waals surface area (Å²) in [4.78, 5) is 31.3. The van der Waals surface area contributed by atoms with E-state index in [9.17, 15) is 4.79 Å². The number of aromatic nitrogens is 4. The summed E-state index contributed by atoms with van der Waals surface area (Å²) >= 11 is 0. The minimum Gasteiger partial charge on any atom is -0.494 e. The lowest BCUT2D eigenvalue weighted by Crippen LogP contribution is -2.32. The molecule has 1 atom stereocenters. The Hall–Kier alpha value is -3.44. The molecule has 41 heavy (non-hydrogen) atoms. The predicted octanol–water partition coefficient (Wildman–Crippen LogP) is 5.76. The molecule has 1 aliphatic heterocycles. The number of hydrogen-bond donors (Lipinski definition) is 3. The van der Waals surface area contributed by atoms with Gasteiger partial charge in [-0.2, -0.15) is 9.97 Å². The highest BCUT2D eigenvalue weighted by atomic mass is 16.8. The second-order valence-electron chi connectivity index (χ2n) is 11.0. The quantitative estimate of drug-likeness (QED) is 0.165. The van der Waals surface area contributed by atoms with Gasteiger partial charge in [-0.25, -0.2) is 15.3 Å². The number of rotatable bonds is 14. The van der Waals surface area contributed by atoms with Crippen molar-refractivity contribution < 1.29 is 19.1 Å². The van der Waals surface area contributed by atoms with Crippen molar-refractivity contribution in [3.05, 3.63) is 30.6 Å². The molecule has 0 radical (unpaired) electrons. The molecule has 1 saturated heterocycles. The molecule has 1 aliphatic carbocycles. The molecule has 3 aromatic rings. The first-order valence-corrected chi connectivity index (χ1v) is 15.2. The zero-order chi connectivity index (χ0) is 28.3. The number of anilines is 3. The topological polar surface area (TPSA) is 124 Å². The average molecular weight is 566 g/mol. The Balaban J connectivity index is 1.01. The third-order valence-electron chi connectivity index (χ3n) is 7.63. The summed E-state index contributed by atoms with van der Waals surface area (Å²) in [7, 11) is 1.95. The number of hydrogen-bond acceptors (Lipinski definition) is 9. The molecule has 11 nitrogen and oxygen atoms in total. The molecule has 3 heterocycles. The third kappa shape index (κ3) is 8.77. The fourth-order valence-electron chi connectivity index (χ4n) is 5.29. The minimum atomic E-state index is -0.305. The van der Waals surface area contributed by atoms with Crippen LogP contribution in [0.2, 0.25) is 0 Å². The number of aryl methyl sites for hydroxylation is 1. The molecule has 1 amide bonds. The Labute approximate surface area is 241 Å². The Kier molecular flexibility index (Phi) is 10.6. The second-order valence-corrected chi connectivity index (χ2v) is 11.0. The average Bonchev–Trinajstić information content (AvgIpc) is 3.38. The summed E-state index contributed by atoms with van der Waals surface area (Å²) < 4.78 is 13.3. The molecule has 2 aromatic heterocycles. The molecule has 1 saturated carbocycles. The van der Waals surface area contributed by atoms with Crippen LogP contribution in [-0.2, 0) is 21.4 Å². The van der Waals surface area contributed by atoms with Crippen molar-refractivity contribution in [2.75, 3.05) is 23.8 Å². The first-order valence-electron chi connectivity index (χ1n) is 15.2. The lowest BCUT2D eigenvalue weighted by atomic mass is 9.95. The molecule has 0 spiro atoms. The summed E-state index contributed by atoms with van der Waals surface area (Å²) in [6, 6.07) is 8.27. The first kappa shape index (κ1) is 29.1. The van der Waals surface area contributed by atoms with Gasteiger partial charge in [0.1, 0.15) is 5.75 Å². The molecule has 222 valence electrons. The van der Waals surface area contributed by atoms with Gasteiger partial charge >= 0.3 is 0 Å². The molecule has 2 fully saturated rings. The number of fused-ring (bicyclic) bond motifs is 1. The van der Waals surface area contributed by atoms with Gasteiger partial charge < -0.3 is 24.7 Å². The number of imidazole rings is 1. The van der Waals surface area contributed by atoms with E-state index >= 15 is 0 Å². The number of ether oxygens (including phenoxy) is 2. The molecule has 1 unspecified atom stereocenters. The van der Waals surface area contributed by atoms with Crippen molar-refractivity contribution in [3.63, 3.8) is 0 Å². The Bertz CT molecular complexity index is 1240. The van der Waals surface area contributed by atoms with Crippen LogP contribution in [0, 0.1) is 0 Å². The highest BCUT2D eigenvalue weighted by molar-refractivity contribution is 5.84. The van der Waals surface area contributed by atoms with E-state index in [1.807, 2.05) is 35.9 Å². The van der Waals surface area contributed by atoms with Gasteiger partial charge in [-0.3, -0.25) is 4.79 Å². The van der Waals surface area contributed by atoms with Crippen molar-refractivity contribution in [2.24, 2.45) is 7.05 Å². The van der Waals surface area contributed by atoms with Crippen LogP contribution < -0.4 is 20.9 Å². The van der Waals surface area contributed by atoms with Crippen molar-refractivity contribution >= 4 is 34.5 Å². The van der Waals surface area contributed by atoms with Gasteiger partial charge in [-0.05, 0) is 62.8 Å². The molecule has 5 rings (SSSR count). The summed E-state index contributed by atoms with van der Waals surface area (Å²) in [6.45, 7) is 1.33. The van der Waals surface area contributed by atoms with Crippen LogP contribution >= 0.6 is 0 Å². The zero-order valence-corrected chi connectivity index (χ0v) is 24.1. The molecular formula is C30H43N7O4. The van der Waals surface area contributed by atoms with E-state index in [0.29, 0.717) is 31.6 Å². The van der Waals surface area contributed by atoms with Gasteiger partial charge in [0.05, 0.1) is 12.9 Å². The smallest absolute Gasteiger partial charge is 0.243 e. The number of unbranched alkanes of at least 4 members (excludes halogenated alkanes) is 3. The Morgan fingerprint density at radius 1 is 1.00 bits per heavy atom. The number of amides is 1. The standard InChI is InChI=1S/C30H43N7O4/c1-37-21-31-27-28(32-22-11-5-4-6-12-22)34-30(35-29(27)37)33-23-15-17-24(18-16-23)39-19-9-3-2-7-13-25(38)36-41-26-14-8-10-20-40-26/h15-18,21-22,26H,2-14,19-20H2,1H3,(H,36,38)(H2,32,33,34,35). The summed E-state index contributed by atoms with van der Waals surface area (Å²) in [5, 5.41) is 6.96. The zero-order valence-electron chi connectivity index (χ0n) is 24.1. The number of carbonyl (C=O) groups excluding carboxylic acids is 1. The maximum absolute atomic E-state index is 11.9. The lowest BCUT2D eigenvalue weighted by Gasteiger charge is -2.23. The number of benzene rings is 1. The third-order valence-corrected chi connectivity index (χ3v) is 7.63. The van der Waals surface area contributed by atoms with E-state index < -0.39 is 0 Å². The van der Waals surface area contributed by atoms with E-state index in [1.165, 1.54) is 19.3 Å². The predicted molar refractivity (Wildman–Crippen MR) is 158 cm³/mol. The SMILES string of the molecule is Cn1cnc2c(NC3CCCCC3)nc(Nc3ccc(OCCCCCCC(=O)NOC4CCCCO4)cc3)nc21. The lowest BCUT2D eigenvalue weighted by molar-refractivity contribution is -0.200. The largest absolute Gasteiger partial charge is 0.494 e. The van der Waals surface area contributed by atoms with Crippen LogP contribution in [-0.4, -0.2) is 51.0 Å². The summed E-state index contributed by atoms with van der Waals surface area (Å²) in [5.41, 5.74) is 5.00. The van der Waals surface area contributed by atoms with E-state index in [0.717, 1.165) is 86.2 Å². The summed E-state index contributed by atoms with van der Waals surface area (Å²) in [5.74, 6) is 2.05. The molecule has 11 heteroatoms. The van der Waals surface area contributed by atoms with Crippen LogP contribution in [0.3, 0.4) is 0 Å². The second kappa shape index (κ2) is 15.0. The van der Waals surface area contributed by atoms with E-state index in [-0.39, 0.29) is 12.2 Å². The number of carbonyl (C=O) groups is 1. The van der Waals surface area contributed by atoms with Crippen LogP contribution in [0.15, 0.2) is 30.6 Å². The van der Waals surface area contributed by atoms with Gasteiger partial charge in [0.2, 0.25) is 11.9 Å². The number of hydroxylamine groups is 1. The Morgan fingerprint density at radius 2 is 1.80 bits per heavy atom. The summed E-state index contributed by atoms with van der Waals surface area (Å²) in [6.07, 6.45) is 14.7. The van der Waals surface area contributed by atoms with E-state index in [1.54, 1.807) is 6.33 Å². The van der Waals surface area contributed by atoms with Crippen LogP contribution in [0.4, 0.5) is 17.5 Å². The molecular weight excluding hydrogens is 522 g/mol. The van der Waals surface area contributed by atoms with Gasteiger partial charge in [-0.1, -0.05) is 32.1 Å². The fraction of sp³-hybridized carbons (Fsp3) is 0.600. The van der Waals surface area contributed by atoms with Gasteiger partial charge in [0, 0.05) is 38.2 Å². The van der Waals surface area contributed by atoms with Crippen LogP contribution in [0.25, 0.3) is 11.2 Å². The maximum Gasteiger partial charge on any atom is 0.243 e. The first-order chi connectivity index (χ1) is 20.1. The van der Waals surface area contributed by atoms with Crippen molar-refractivity contribution in [2.45, 2.75) is 95.8 Å². The van der Waals surface area contributed by atoms with Crippen LogP contribution in [0.1, 0.15) is 83.5 Å². The maximum atomic E-state index is 11.9. The monoisotopic (exact) mass is 565 g/mol. The van der Waals surface area contributed by atoms with Crippen molar-refractivity contribution in [1.82, 2.24) is 25.0 Å².